The third-order valence-corrected chi connectivity index (χ3v) is 3.76. The molecule has 4 nitrogen and oxygen atoms in total. The van der Waals surface area contributed by atoms with Crippen molar-refractivity contribution < 1.29 is 14.2 Å². The molecule has 0 aromatic carbocycles. The van der Waals surface area contributed by atoms with Crippen LogP contribution in [0.3, 0.4) is 0 Å². The van der Waals surface area contributed by atoms with Gasteiger partial charge in [0.05, 0.1) is 24.9 Å². The van der Waals surface area contributed by atoms with Crippen molar-refractivity contribution in [1.82, 2.24) is 5.32 Å². The third-order valence-electron chi connectivity index (χ3n) is 3.76. The van der Waals surface area contributed by atoms with Gasteiger partial charge in [-0.2, -0.15) is 0 Å². The first-order chi connectivity index (χ1) is 8.35. The van der Waals surface area contributed by atoms with Crippen LogP contribution in [0.5, 0.6) is 0 Å². The van der Waals surface area contributed by atoms with Crippen LogP contribution in [0.25, 0.3) is 0 Å². The second-order valence-corrected chi connectivity index (χ2v) is 4.96. The molecule has 1 aliphatic carbocycles. The Morgan fingerprint density at radius 2 is 2.24 bits per heavy atom. The van der Waals surface area contributed by atoms with Crippen molar-refractivity contribution >= 4 is 0 Å². The Hall–Kier alpha value is -0.160. The first kappa shape index (κ1) is 13.3. The van der Waals surface area contributed by atoms with E-state index < -0.39 is 0 Å². The molecule has 4 heteroatoms. The Balaban J connectivity index is 1.65. The first-order valence-corrected chi connectivity index (χ1v) is 6.84. The summed E-state index contributed by atoms with van der Waals surface area (Å²) in [7, 11) is 1.77. The van der Waals surface area contributed by atoms with E-state index in [4.69, 9.17) is 14.2 Å². The summed E-state index contributed by atoms with van der Waals surface area (Å²) in [6.45, 7) is 4.73. The van der Waals surface area contributed by atoms with Crippen molar-refractivity contribution in [3.8, 4) is 0 Å². The number of rotatable bonds is 6. The molecule has 1 saturated heterocycles. The van der Waals surface area contributed by atoms with E-state index >= 15 is 0 Å². The molecule has 17 heavy (non-hydrogen) atoms. The molecule has 0 spiro atoms. The van der Waals surface area contributed by atoms with Crippen LogP contribution in [0.15, 0.2) is 0 Å². The average molecular weight is 243 g/mol. The minimum atomic E-state index is 0.207. The second kappa shape index (κ2) is 6.69. The molecule has 0 aromatic rings. The zero-order valence-electron chi connectivity index (χ0n) is 11.0. The fourth-order valence-corrected chi connectivity index (χ4v) is 2.69. The van der Waals surface area contributed by atoms with Gasteiger partial charge in [0.15, 0.2) is 0 Å². The molecule has 2 fully saturated rings. The average Bonchev–Trinajstić information content (AvgIpc) is 2.34. The number of ether oxygens (including phenoxy) is 3. The van der Waals surface area contributed by atoms with Crippen LogP contribution in [0, 0.1) is 0 Å². The summed E-state index contributed by atoms with van der Waals surface area (Å²) >= 11 is 0. The minimum absolute atomic E-state index is 0.207. The van der Waals surface area contributed by atoms with Crippen LogP contribution in [-0.4, -0.2) is 51.2 Å². The highest BCUT2D eigenvalue weighted by atomic mass is 16.6. The van der Waals surface area contributed by atoms with Gasteiger partial charge >= 0.3 is 0 Å². The predicted molar refractivity (Wildman–Crippen MR) is 66.2 cm³/mol. The third kappa shape index (κ3) is 3.41. The van der Waals surface area contributed by atoms with E-state index in [1.807, 2.05) is 0 Å². The summed E-state index contributed by atoms with van der Waals surface area (Å²) in [5, 5.41) is 3.41. The number of hydrogen-bond donors (Lipinski definition) is 1. The molecular weight excluding hydrogens is 218 g/mol. The molecule has 1 aliphatic heterocycles. The Labute approximate surface area is 104 Å². The van der Waals surface area contributed by atoms with Gasteiger partial charge in [-0.05, 0) is 32.2 Å². The van der Waals surface area contributed by atoms with Gasteiger partial charge in [0, 0.05) is 19.8 Å². The summed E-state index contributed by atoms with van der Waals surface area (Å²) in [6.07, 6.45) is 5.42. The number of nitrogens with one attached hydrogen (secondary N) is 1. The lowest BCUT2D eigenvalue weighted by molar-refractivity contribution is -0.155. The highest BCUT2D eigenvalue weighted by Gasteiger charge is 2.42. The van der Waals surface area contributed by atoms with Gasteiger partial charge in [-0.3, -0.25) is 0 Å². The molecule has 4 atom stereocenters. The van der Waals surface area contributed by atoms with Crippen molar-refractivity contribution in [2.24, 2.45) is 0 Å². The zero-order chi connectivity index (χ0) is 12.1. The van der Waals surface area contributed by atoms with Gasteiger partial charge in [-0.25, -0.2) is 0 Å². The number of hydrogen-bond acceptors (Lipinski definition) is 4. The van der Waals surface area contributed by atoms with Crippen LogP contribution in [0.4, 0.5) is 0 Å². The van der Waals surface area contributed by atoms with Crippen LogP contribution in [0.1, 0.15) is 32.6 Å². The molecule has 0 amide bonds. The topological polar surface area (TPSA) is 39.7 Å². The predicted octanol–water partition coefficient (Wildman–Crippen LogP) is 1.34. The monoisotopic (exact) mass is 243 g/mol. The van der Waals surface area contributed by atoms with Gasteiger partial charge in [0.25, 0.3) is 0 Å². The molecule has 2 aliphatic rings. The maximum absolute atomic E-state index is 5.91. The van der Waals surface area contributed by atoms with Crippen LogP contribution in [-0.2, 0) is 14.2 Å². The van der Waals surface area contributed by atoms with Gasteiger partial charge in [-0.15, -0.1) is 0 Å². The molecule has 0 aromatic heterocycles. The summed E-state index contributed by atoms with van der Waals surface area (Å²) in [5.74, 6) is 0. The molecule has 0 radical (unpaired) electrons. The van der Waals surface area contributed by atoms with Gasteiger partial charge in [0.2, 0.25) is 0 Å². The van der Waals surface area contributed by atoms with Gasteiger partial charge < -0.3 is 19.5 Å². The first-order valence-electron chi connectivity index (χ1n) is 6.84. The Bertz CT molecular complexity index is 219. The van der Waals surface area contributed by atoms with Gasteiger partial charge in [0.1, 0.15) is 0 Å². The lowest BCUT2D eigenvalue weighted by atomic mass is 9.85. The molecule has 4 unspecified atom stereocenters. The fraction of sp³-hybridized carbons (Fsp3) is 1.00. The van der Waals surface area contributed by atoms with Crippen molar-refractivity contribution in [2.45, 2.75) is 57.0 Å². The lowest BCUT2D eigenvalue weighted by Gasteiger charge is -2.44. The maximum Gasteiger partial charge on any atom is 0.0986 e. The van der Waals surface area contributed by atoms with Crippen molar-refractivity contribution in [3.63, 3.8) is 0 Å². The SMILES string of the molecule is CCNC1CC(OCC2CCCCO2)C1OC. The van der Waals surface area contributed by atoms with E-state index in [1.165, 1.54) is 12.8 Å². The molecule has 1 N–H and O–H groups in total. The number of likely N-dealkylation sites (N-methyl/N-ethyl adjacent to an activating group) is 1. The summed E-state index contributed by atoms with van der Waals surface area (Å²) in [6, 6.07) is 0.460. The van der Waals surface area contributed by atoms with Crippen molar-refractivity contribution in [2.75, 3.05) is 26.9 Å². The fourth-order valence-electron chi connectivity index (χ4n) is 2.69. The Morgan fingerprint density at radius 3 is 2.88 bits per heavy atom. The smallest absolute Gasteiger partial charge is 0.0986 e. The minimum Gasteiger partial charge on any atom is -0.377 e. The van der Waals surface area contributed by atoms with E-state index in [1.54, 1.807) is 7.11 Å². The van der Waals surface area contributed by atoms with E-state index in [0.717, 1.165) is 32.6 Å². The van der Waals surface area contributed by atoms with Crippen LogP contribution in [0.2, 0.25) is 0 Å². The Kier molecular flexibility index (Phi) is 5.22. The standard InChI is InChI=1S/C13H25NO3/c1-3-14-11-8-12(13(11)15-2)17-9-10-6-4-5-7-16-10/h10-14H,3-9H2,1-2H3. The molecule has 0 bridgehead atoms. The molecule has 1 heterocycles. The van der Waals surface area contributed by atoms with E-state index in [2.05, 4.69) is 12.2 Å². The van der Waals surface area contributed by atoms with Crippen molar-refractivity contribution in [3.05, 3.63) is 0 Å². The van der Waals surface area contributed by atoms with Crippen LogP contribution >= 0.6 is 0 Å². The Morgan fingerprint density at radius 1 is 1.35 bits per heavy atom. The summed E-state index contributed by atoms with van der Waals surface area (Å²) in [4.78, 5) is 0. The largest absolute Gasteiger partial charge is 0.377 e. The quantitative estimate of drug-likeness (QED) is 0.764. The normalized spacial score (nSPS) is 37.8. The maximum atomic E-state index is 5.91. The summed E-state index contributed by atoms with van der Waals surface area (Å²) in [5.41, 5.74) is 0. The number of methoxy groups -OCH3 is 1. The summed E-state index contributed by atoms with van der Waals surface area (Å²) < 4.78 is 17.0. The van der Waals surface area contributed by atoms with Gasteiger partial charge in [-0.1, -0.05) is 6.92 Å². The van der Waals surface area contributed by atoms with E-state index in [-0.39, 0.29) is 12.2 Å². The highest BCUT2D eigenvalue weighted by Crippen LogP contribution is 2.27. The van der Waals surface area contributed by atoms with E-state index in [9.17, 15) is 0 Å². The lowest BCUT2D eigenvalue weighted by Crippen LogP contribution is -2.60. The van der Waals surface area contributed by atoms with E-state index in [0.29, 0.717) is 12.1 Å². The van der Waals surface area contributed by atoms with Crippen molar-refractivity contribution in [1.29, 1.82) is 0 Å². The second-order valence-electron chi connectivity index (χ2n) is 4.96. The molecule has 100 valence electrons. The van der Waals surface area contributed by atoms with Crippen LogP contribution < -0.4 is 5.32 Å². The molecule has 2 rings (SSSR count). The molecule has 1 saturated carbocycles. The highest BCUT2D eigenvalue weighted by molar-refractivity contribution is 4.97. The zero-order valence-corrected chi connectivity index (χ0v) is 11.0. The molecular formula is C13H25NO3.